The lowest BCUT2D eigenvalue weighted by atomic mass is 10.0. The zero-order valence-electron chi connectivity index (χ0n) is 11.2. The van der Waals surface area contributed by atoms with Gasteiger partial charge in [-0.3, -0.25) is 4.79 Å². The number of hydrogen-bond donors (Lipinski definition) is 2. The van der Waals surface area contributed by atoms with E-state index in [1.807, 2.05) is 0 Å². The quantitative estimate of drug-likeness (QED) is 0.848. The first-order valence-electron chi connectivity index (χ1n) is 7.16. The van der Waals surface area contributed by atoms with Gasteiger partial charge in [-0.1, -0.05) is 18.2 Å². The SMILES string of the molecule is O=C1CN(c2ccccc2CC2CCCN2)CCN1. The first-order chi connectivity index (χ1) is 9.33. The molecule has 2 N–H and O–H groups in total. The van der Waals surface area contributed by atoms with Gasteiger partial charge >= 0.3 is 0 Å². The fourth-order valence-corrected chi connectivity index (χ4v) is 3.03. The fraction of sp³-hybridized carbons (Fsp3) is 0.533. The minimum Gasteiger partial charge on any atom is -0.360 e. The van der Waals surface area contributed by atoms with Crippen LogP contribution < -0.4 is 15.5 Å². The average molecular weight is 259 g/mol. The second-order valence-electron chi connectivity index (χ2n) is 5.40. The molecule has 19 heavy (non-hydrogen) atoms. The third kappa shape index (κ3) is 2.89. The lowest BCUT2D eigenvalue weighted by Crippen LogP contribution is -2.48. The van der Waals surface area contributed by atoms with Crippen LogP contribution in [0.1, 0.15) is 18.4 Å². The van der Waals surface area contributed by atoms with Crippen LogP contribution in [0.2, 0.25) is 0 Å². The summed E-state index contributed by atoms with van der Waals surface area (Å²) in [6.45, 7) is 3.27. The maximum absolute atomic E-state index is 11.5. The number of nitrogens with one attached hydrogen (secondary N) is 2. The van der Waals surface area contributed by atoms with Gasteiger partial charge in [-0.15, -0.1) is 0 Å². The predicted molar refractivity (Wildman–Crippen MR) is 76.4 cm³/mol. The van der Waals surface area contributed by atoms with E-state index in [-0.39, 0.29) is 5.91 Å². The van der Waals surface area contributed by atoms with Crippen LogP contribution in [0.15, 0.2) is 24.3 Å². The van der Waals surface area contributed by atoms with E-state index in [0.717, 1.165) is 26.1 Å². The number of anilines is 1. The average Bonchev–Trinajstić information content (AvgIpc) is 2.92. The molecule has 0 spiro atoms. The molecule has 1 aromatic rings. The van der Waals surface area contributed by atoms with Crippen molar-refractivity contribution in [1.82, 2.24) is 10.6 Å². The molecule has 0 aliphatic carbocycles. The van der Waals surface area contributed by atoms with Crippen LogP contribution >= 0.6 is 0 Å². The van der Waals surface area contributed by atoms with Crippen molar-refractivity contribution < 1.29 is 4.79 Å². The lowest BCUT2D eigenvalue weighted by molar-refractivity contribution is -0.120. The molecule has 0 aromatic heterocycles. The Bertz CT molecular complexity index is 454. The van der Waals surface area contributed by atoms with Crippen LogP contribution in [0.4, 0.5) is 5.69 Å². The Labute approximate surface area is 114 Å². The largest absolute Gasteiger partial charge is 0.360 e. The molecule has 0 bridgehead atoms. The third-order valence-corrected chi connectivity index (χ3v) is 4.00. The maximum atomic E-state index is 11.5. The fourth-order valence-electron chi connectivity index (χ4n) is 3.03. The van der Waals surface area contributed by atoms with Crippen molar-refractivity contribution in [3.8, 4) is 0 Å². The van der Waals surface area contributed by atoms with Gasteiger partial charge in [0.25, 0.3) is 0 Å². The Hall–Kier alpha value is -1.55. The highest BCUT2D eigenvalue weighted by Gasteiger charge is 2.21. The summed E-state index contributed by atoms with van der Waals surface area (Å²) in [6.07, 6.45) is 3.60. The highest BCUT2D eigenvalue weighted by Crippen LogP contribution is 2.24. The molecule has 0 saturated carbocycles. The minimum atomic E-state index is 0.125. The highest BCUT2D eigenvalue weighted by molar-refractivity contribution is 5.83. The van der Waals surface area contributed by atoms with Crippen LogP contribution in [-0.2, 0) is 11.2 Å². The van der Waals surface area contributed by atoms with Gasteiger partial charge < -0.3 is 15.5 Å². The van der Waals surface area contributed by atoms with Crippen molar-refractivity contribution in [2.45, 2.75) is 25.3 Å². The van der Waals surface area contributed by atoms with E-state index in [0.29, 0.717) is 12.6 Å². The number of benzene rings is 1. The van der Waals surface area contributed by atoms with Crippen LogP contribution in [0.5, 0.6) is 0 Å². The first-order valence-corrected chi connectivity index (χ1v) is 7.16. The first kappa shape index (κ1) is 12.5. The summed E-state index contributed by atoms with van der Waals surface area (Å²) in [6, 6.07) is 9.09. The van der Waals surface area contributed by atoms with Gasteiger partial charge in [-0.25, -0.2) is 0 Å². The molecule has 1 atom stereocenters. The van der Waals surface area contributed by atoms with E-state index < -0.39 is 0 Å². The molecule has 2 heterocycles. The normalized spacial score (nSPS) is 23.5. The van der Waals surface area contributed by atoms with Gasteiger partial charge in [0.05, 0.1) is 6.54 Å². The Kier molecular flexibility index (Phi) is 3.69. The Balaban J connectivity index is 1.77. The topological polar surface area (TPSA) is 44.4 Å². The highest BCUT2D eigenvalue weighted by atomic mass is 16.2. The van der Waals surface area contributed by atoms with Gasteiger partial charge in [-0.2, -0.15) is 0 Å². The van der Waals surface area contributed by atoms with E-state index in [2.05, 4.69) is 39.8 Å². The van der Waals surface area contributed by atoms with E-state index in [1.54, 1.807) is 0 Å². The lowest BCUT2D eigenvalue weighted by Gasteiger charge is -2.30. The van der Waals surface area contributed by atoms with E-state index in [1.165, 1.54) is 24.1 Å². The maximum Gasteiger partial charge on any atom is 0.239 e. The molecule has 1 unspecified atom stereocenters. The molecule has 2 aliphatic rings. The molecule has 4 heteroatoms. The van der Waals surface area contributed by atoms with Crippen molar-refractivity contribution in [1.29, 1.82) is 0 Å². The second kappa shape index (κ2) is 5.61. The summed E-state index contributed by atoms with van der Waals surface area (Å²) >= 11 is 0. The second-order valence-corrected chi connectivity index (χ2v) is 5.40. The van der Waals surface area contributed by atoms with Crippen molar-refractivity contribution in [3.63, 3.8) is 0 Å². The molecule has 102 valence electrons. The summed E-state index contributed by atoms with van der Waals surface area (Å²) in [5.74, 6) is 0.125. The summed E-state index contributed by atoms with van der Waals surface area (Å²) < 4.78 is 0. The number of hydrogen-bond acceptors (Lipinski definition) is 3. The van der Waals surface area contributed by atoms with Crippen molar-refractivity contribution in [3.05, 3.63) is 29.8 Å². The van der Waals surface area contributed by atoms with Gasteiger partial charge in [0.2, 0.25) is 5.91 Å². The van der Waals surface area contributed by atoms with Gasteiger partial charge in [-0.05, 0) is 37.4 Å². The zero-order chi connectivity index (χ0) is 13.1. The van der Waals surface area contributed by atoms with Gasteiger partial charge in [0, 0.05) is 24.8 Å². The molecule has 3 rings (SSSR count). The van der Waals surface area contributed by atoms with Crippen molar-refractivity contribution >= 4 is 11.6 Å². The number of amides is 1. The third-order valence-electron chi connectivity index (χ3n) is 4.00. The Morgan fingerprint density at radius 3 is 2.95 bits per heavy atom. The summed E-state index contributed by atoms with van der Waals surface area (Å²) in [5.41, 5.74) is 2.59. The molecular formula is C15H21N3O. The number of rotatable bonds is 3. The summed E-state index contributed by atoms with van der Waals surface area (Å²) in [4.78, 5) is 13.7. The number of carbonyl (C=O) groups excluding carboxylic acids is 1. The smallest absolute Gasteiger partial charge is 0.239 e. The number of nitrogens with zero attached hydrogens (tertiary/aromatic N) is 1. The van der Waals surface area contributed by atoms with Gasteiger partial charge in [0.15, 0.2) is 0 Å². The van der Waals surface area contributed by atoms with Crippen molar-refractivity contribution in [2.75, 3.05) is 31.1 Å². The van der Waals surface area contributed by atoms with E-state index in [9.17, 15) is 4.79 Å². The summed E-state index contributed by atoms with van der Waals surface area (Å²) in [5, 5.41) is 6.43. The molecule has 0 radical (unpaired) electrons. The zero-order valence-corrected chi connectivity index (χ0v) is 11.2. The molecule has 2 fully saturated rings. The molecule has 2 aliphatic heterocycles. The molecule has 2 saturated heterocycles. The van der Waals surface area contributed by atoms with Crippen LogP contribution in [0.25, 0.3) is 0 Å². The van der Waals surface area contributed by atoms with Crippen LogP contribution in [0.3, 0.4) is 0 Å². The molecule has 1 aromatic carbocycles. The molecular weight excluding hydrogens is 238 g/mol. The monoisotopic (exact) mass is 259 g/mol. The standard InChI is InChI=1S/C15H21N3O/c19-15-11-18(9-8-17-15)14-6-2-1-4-12(14)10-13-5-3-7-16-13/h1-2,4,6,13,16H,3,5,7-11H2,(H,17,19). The number of piperazine rings is 1. The molecule has 4 nitrogen and oxygen atoms in total. The van der Waals surface area contributed by atoms with Gasteiger partial charge in [0.1, 0.15) is 0 Å². The summed E-state index contributed by atoms with van der Waals surface area (Å²) in [7, 11) is 0. The Morgan fingerprint density at radius 2 is 2.16 bits per heavy atom. The van der Waals surface area contributed by atoms with Crippen LogP contribution in [0, 0.1) is 0 Å². The predicted octanol–water partition coefficient (Wildman–Crippen LogP) is 0.917. The van der Waals surface area contributed by atoms with E-state index in [4.69, 9.17) is 0 Å². The molecule has 1 amide bonds. The Morgan fingerprint density at radius 1 is 1.26 bits per heavy atom. The van der Waals surface area contributed by atoms with Crippen LogP contribution in [-0.4, -0.2) is 38.1 Å². The number of carbonyl (C=O) groups is 1. The van der Waals surface area contributed by atoms with E-state index >= 15 is 0 Å². The minimum absolute atomic E-state index is 0.125. The number of para-hydroxylation sites is 1. The van der Waals surface area contributed by atoms with Crippen molar-refractivity contribution in [2.24, 2.45) is 0 Å².